The third-order valence-electron chi connectivity index (χ3n) is 3.00. The Bertz CT molecular complexity index is 298. The molecule has 8 nitrogen and oxygen atoms in total. The highest BCUT2D eigenvalue weighted by Crippen LogP contribution is 2.22. The van der Waals surface area contributed by atoms with Gasteiger partial charge in [0.1, 0.15) is 18.3 Å². The summed E-state index contributed by atoms with van der Waals surface area (Å²) in [7, 11) is 0. The second-order valence-electron chi connectivity index (χ2n) is 4.45. The molecule has 19 heavy (non-hydrogen) atoms. The van der Waals surface area contributed by atoms with Gasteiger partial charge >= 0.3 is 0 Å². The lowest BCUT2D eigenvalue weighted by Crippen LogP contribution is -2.34. The summed E-state index contributed by atoms with van der Waals surface area (Å²) in [6.07, 6.45) is -0.394. The predicted molar refractivity (Wildman–Crippen MR) is 66.2 cm³/mol. The van der Waals surface area contributed by atoms with Crippen molar-refractivity contribution in [3.63, 3.8) is 0 Å². The highest BCUT2D eigenvalue weighted by Gasteiger charge is 2.42. The fourth-order valence-electron chi connectivity index (χ4n) is 1.89. The normalized spacial score (nSPS) is 30.3. The molecule has 8 heteroatoms. The summed E-state index contributed by atoms with van der Waals surface area (Å²) in [5.74, 6) is 0. The molecule has 1 aliphatic rings. The molecule has 1 fully saturated rings. The summed E-state index contributed by atoms with van der Waals surface area (Å²) in [4.78, 5) is 2.66. The largest absolute Gasteiger partial charge is 0.394 e. The van der Waals surface area contributed by atoms with E-state index in [0.717, 1.165) is 25.7 Å². The Morgan fingerprint density at radius 1 is 1.16 bits per heavy atom. The lowest BCUT2D eigenvalue weighted by molar-refractivity contribution is -0.169. The molecule has 3 N–H and O–H groups in total. The van der Waals surface area contributed by atoms with Crippen LogP contribution in [-0.2, 0) is 9.47 Å². The fourth-order valence-corrected chi connectivity index (χ4v) is 1.89. The first-order valence-corrected chi connectivity index (χ1v) is 6.45. The van der Waals surface area contributed by atoms with Crippen molar-refractivity contribution in [1.82, 2.24) is 0 Å². The van der Waals surface area contributed by atoms with Gasteiger partial charge in [-0.05, 0) is 18.4 Å². The van der Waals surface area contributed by atoms with E-state index in [-0.39, 0.29) is 6.61 Å². The van der Waals surface area contributed by atoms with Crippen LogP contribution >= 0.6 is 0 Å². The molecule has 3 unspecified atom stereocenters. The van der Waals surface area contributed by atoms with Gasteiger partial charge in [-0.15, -0.1) is 0 Å². The highest BCUT2D eigenvalue weighted by molar-refractivity contribution is 4.86. The lowest BCUT2D eigenvalue weighted by atomic mass is 10.1. The minimum Gasteiger partial charge on any atom is -0.394 e. The third-order valence-corrected chi connectivity index (χ3v) is 3.00. The summed E-state index contributed by atoms with van der Waals surface area (Å²) in [6.45, 7) is 0.567. The summed E-state index contributed by atoms with van der Waals surface area (Å²) < 4.78 is 10.5. The van der Waals surface area contributed by atoms with E-state index in [1.807, 2.05) is 0 Å². The van der Waals surface area contributed by atoms with Gasteiger partial charge in [-0.25, -0.2) is 0 Å². The molecular formula is C11H21N3O5. The zero-order chi connectivity index (χ0) is 14.1. The highest BCUT2D eigenvalue weighted by atomic mass is 16.7. The van der Waals surface area contributed by atoms with Crippen LogP contribution in [0.5, 0.6) is 0 Å². The van der Waals surface area contributed by atoms with Gasteiger partial charge in [-0.1, -0.05) is 18.0 Å². The number of hydrogen-bond acceptors (Lipinski definition) is 6. The molecule has 0 aromatic rings. The quantitative estimate of drug-likeness (QED) is 0.241. The molecule has 0 aromatic carbocycles. The van der Waals surface area contributed by atoms with E-state index in [9.17, 15) is 10.2 Å². The van der Waals surface area contributed by atoms with Crippen molar-refractivity contribution < 1.29 is 24.8 Å². The maximum absolute atomic E-state index is 9.60. The molecule has 110 valence electrons. The number of aliphatic hydroxyl groups is 3. The Morgan fingerprint density at radius 2 is 1.89 bits per heavy atom. The Balaban J connectivity index is 2.05. The minimum absolute atomic E-state index is 0.350. The van der Waals surface area contributed by atoms with Gasteiger partial charge in [0.05, 0.1) is 6.61 Å². The Morgan fingerprint density at radius 3 is 2.53 bits per heavy atom. The average molecular weight is 275 g/mol. The van der Waals surface area contributed by atoms with Crippen molar-refractivity contribution in [2.45, 2.75) is 50.3 Å². The van der Waals surface area contributed by atoms with Gasteiger partial charge in [-0.3, -0.25) is 0 Å². The molecule has 0 bridgehead atoms. The first-order chi connectivity index (χ1) is 9.20. The Hall–Kier alpha value is -0.890. The molecule has 0 aliphatic carbocycles. The number of aliphatic hydroxyl groups excluding tert-OH is 3. The van der Waals surface area contributed by atoms with Gasteiger partial charge in [0.2, 0.25) is 0 Å². The number of rotatable bonds is 9. The molecule has 0 spiro atoms. The molecular weight excluding hydrogens is 254 g/mol. The molecule has 0 amide bonds. The SMILES string of the molecule is [N-]=[N+]=NCCCCCCOC1O[C@H](CO)C(O)C1O. The summed E-state index contributed by atoms with van der Waals surface area (Å²) in [5.41, 5.74) is 8.08. The zero-order valence-electron chi connectivity index (χ0n) is 10.8. The lowest BCUT2D eigenvalue weighted by Gasteiger charge is -2.15. The molecule has 4 atom stereocenters. The number of hydrogen-bond donors (Lipinski definition) is 3. The van der Waals surface area contributed by atoms with Crippen LogP contribution in [0.4, 0.5) is 0 Å². The molecule has 1 rings (SSSR count). The predicted octanol–water partition coefficient (Wildman–Crippen LogP) is 0.313. The Labute approximate surface area is 111 Å². The summed E-state index contributed by atoms with van der Waals surface area (Å²) >= 11 is 0. The van der Waals surface area contributed by atoms with Crippen LogP contribution in [0.3, 0.4) is 0 Å². The number of azide groups is 1. The maximum atomic E-state index is 9.60. The first kappa shape index (κ1) is 16.2. The first-order valence-electron chi connectivity index (χ1n) is 6.45. The van der Waals surface area contributed by atoms with Crippen molar-refractivity contribution in [2.75, 3.05) is 19.8 Å². The molecule has 0 radical (unpaired) electrons. The van der Waals surface area contributed by atoms with E-state index >= 15 is 0 Å². The number of nitrogens with zero attached hydrogens (tertiary/aromatic N) is 3. The van der Waals surface area contributed by atoms with Crippen molar-refractivity contribution >= 4 is 0 Å². The van der Waals surface area contributed by atoms with Crippen LogP contribution in [0.25, 0.3) is 10.4 Å². The second kappa shape index (κ2) is 9.08. The van der Waals surface area contributed by atoms with Gasteiger partial charge in [-0.2, -0.15) is 0 Å². The molecule has 1 heterocycles. The molecule has 0 aromatic heterocycles. The van der Waals surface area contributed by atoms with E-state index in [1.165, 1.54) is 0 Å². The maximum Gasteiger partial charge on any atom is 0.186 e. The number of unbranched alkanes of at least 4 members (excludes halogenated alkanes) is 3. The van der Waals surface area contributed by atoms with E-state index in [0.29, 0.717) is 13.2 Å². The summed E-state index contributed by atoms with van der Waals surface area (Å²) in [5, 5.41) is 31.4. The van der Waals surface area contributed by atoms with Gasteiger partial charge < -0.3 is 24.8 Å². The topological polar surface area (TPSA) is 128 Å². The smallest absolute Gasteiger partial charge is 0.186 e. The molecule has 1 saturated heterocycles. The van der Waals surface area contributed by atoms with Crippen LogP contribution in [-0.4, -0.2) is 59.7 Å². The second-order valence-corrected chi connectivity index (χ2v) is 4.45. The van der Waals surface area contributed by atoms with Crippen LogP contribution in [0.15, 0.2) is 5.11 Å². The minimum atomic E-state index is -1.12. The van der Waals surface area contributed by atoms with Gasteiger partial charge in [0.25, 0.3) is 0 Å². The number of ether oxygens (including phenoxy) is 2. The molecule has 0 saturated carbocycles. The van der Waals surface area contributed by atoms with Crippen molar-refractivity contribution in [3.8, 4) is 0 Å². The average Bonchev–Trinajstić information content (AvgIpc) is 2.69. The van der Waals surface area contributed by atoms with Gasteiger partial charge in [0.15, 0.2) is 6.29 Å². The van der Waals surface area contributed by atoms with E-state index in [4.69, 9.17) is 20.1 Å². The van der Waals surface area contributed by atoms with Crippen LogP contribution < -0.4 is 0 Å². The van der Waals surface area contributed by atoms with Gasteiger partial charge in [0, 0.05) is 18.1 Å². The van der Waals surface area contributed by atoms with Crippen LogP contribution in [0.1, 0.15) is 25.7 Å². The van der Waals surface area contributed by atoms with Crippen LogP contribution in [0.2, 0.25) is 0 Å². The third kappa shape index (κ3) is 5.32. The van der Waals surface area contributed by atoms with Crippen molar-refractivity contribution in [1.29, 1.82) is 0 Å². The fraction of sp³-hybridized carbons (Fsp3) is 1.00. The summed E-state index contributed by atoms with van der Waals surface area (Å²) in [6, 6.07) is 0. The Kier molecular flexibility index (Phi) is 7.73. The standard InChI is InChI=1S/C11H21N3O5/c12-14-13-5-3-1-2-4-6-18-11-10(17)9(16)8(7-15)19-11/h8-11,15-17H,1-7H2/t8-,9?,10?,11?/m1/s1. The zero-order valence-corrected chi connectivity index (χ0v) is 10.8. The molecule has 1 aliphatic heterocycles. The van der Waals surface area contributed by atoms with Crippen molar-refractivity contribution in [3.05, 3.63) is 10.4 Å². The van der Waals surface area contributed by atoms with E-state index in [2.05, 4.69) is 10.0 Å². The van der Waals surface area contributed by atoms with E-state index in [1.54, 1.807) is 0 Å². The van der Waals surface area contributed by atoms with Crippen LogP contribution in [0, 0.1) is 0 Å². The monoisotopic (exact) mass is 275 g/mol. The van der Waals surface area contributed by atoms with E-state index < -0.39 is 24.6 Å². The van der Waals surface area contributed by atoms with Crippen molar-refractivity contribution in [2.24, 2.45) is 5.11 Å².